The van der Waals surface area contributed by atoms with Gasteiger partial charge in [-0.3, -0.25) is 14.9 Å². The number of benzene rings is 1. The van der Waals surface area contributed by atoms with Gasteiger partial charge < -0.3 is 14.4 Å². The molecule has 2 aliphatic heterocycles. The molecule has 0 aromatic heterocycles. The van der Waals surface area contributed by atoms with Crippen molar-refractivity contribution < 1.29 is 23.6 Å². The van der Waals surface area contributed by atoms with Crippen molar-refractivity contribution in [1.29, 1.82) is 0 Å². The van der Waals surface area contributed by atoms with E-state index in [2.05, 4.69) is 4.90 Å². The number of ether oxygens (including phenoxy) is 2. The lowest BCUT2D eigenvalue weighted by Crippen LogP contribution is -2.46. The van der Waals surface area contributed by atoms with Crippen molar-refractivity contribution in [1.82, 2.24) is 4.90 Å². The SMILES string of the molecule is CN1CC[C@]2(c3cc4c(c([N+](=O)[O-])c3)O[C@@H](F)O4)CCC(=O)C[C@H]12. The molecular weight excluding hydrogens is 319 g/mol. The molecule has 3 aliphatic rings. The van der Waals surface area contributed by atoms with Crippen LogP contribution in [0.25, 0.3) is 0 Å². The Hall–Kier alpha value is -2.22. The van der Waals surface area contributed by atoms with Crippen LogP contribution >= 0.6 is 0 Å². The molecule has 0 amide bonds. The molecule has 0 bridgehead atoms. The third kappa shape index (κ3) is 2.09. The third-order valence-electron chi connectivity index (χ3n) is 5.59. The van der Waals surface area contributed by atoms with Crippen LogP contribution in [0.1, 0.15) is 31.2 Å². The van der Waals surface area contributed by atoms with Gasteiger partial charge in [0.25, 0.3) is 0 Å². The summed E-state index contributed by atoms with van der Waals surface area (Å²) in [6, 6.07) is 3.10. The first-order chi connectivity index (χ1) is 11.4. The van der Waals surface area contributed by atoms with E-state index in [1.165, 1.54) is 6.07 Å². The zero-order valence-corrected chi connectivity index (χ0v) is 13.2. The summed E-state index contributed by atoms with van der Waals surface area (Å²) in [6.45, 7) is -1.22. The van der Waals surface area contributed by atoms with Crippen molar-refractivity contribution in [2.24, 2.45) is 0 Å². The number of carbonyl (C=O) groups excluding carboxylic acids is 1. The molecule has 128 valence electrons. The van der Waals surface area contributed by atoms with Crippen molar-refractivity contribution in [3.63, 3.8) is 0 Å². The lowest BCUT2D eigenvalue weighted by atomic mass is 9.66. The Bertz CT molecular complexity index is 739. The van der Waals surface area contributed by atoms with Crippen LogP contribution in [0.3, 0.4) is 0 Å². The average Bonchev–Trinajstić information content (AvgIpc) is 3.07. The topological polar surface area (TPSA) is 81.9 Å². The van der Waals surface area contributed by atoms with Gasteiger partial charge in [-0.05, 0) is 38.1 Å². The van der Waals surface area contributed by atoms with Gasteiger partial charge in [0.2, 0.25) is 5.75 Å². The van der Waals surface area contributed by atoms with E-state index in [9.17, 15) is 19.3 Å². The maximum Gasteiger partial charge on any atom is 0.397 e. The number of nitro groups is 1. The molecule has 1 saturated carbocycles. The van der Waals surface area contributed by atoms with E-state index in [0.717, 1.165) is 18.5 Å². The summed E-state index contributed by atoms with van der Waals surface area (Å²) < 4.78 is 23.1. The molecule has 1 saturated heterocycles. The summed E-state index contributed by atoms with van der Waals surface area (Å²) >= 11 is 0. The van der Waals surface area contributed by atoms with Crippen molar-refractivity contribution in [2.75, 3.05) is 13.6 Å². The fraction of sp³-hybridized carbons (Fsp3) is 0.562. The maximum absolute atomic E-state index is 13.4. The minimum Gasteiger partial charge on any atom is -0.425 e. The van der Waals surface area contributed by atoms with E-state index in [4.69, 9.17) is 9.47 Å². The Morgan fingerprint density at radius 1 is 1.38 bits per heavy atom. The maximum atomic E-state index is 13.4. The van der Waals surface area contributed by atoms with Gasteiger partial charge in [-0.25, -0.2) is 0 Å². The molecule has 8 heteroatoms. The number of halogens is 1. The number of Topliss-reactive ketones (excluding diaryl/α,β-unsaturated/α-hetero) is 1. The van der Waals surface area contributed by atoms with Gasteiger partial charge in [0.1, 0.15) is 5.78 Å². The summed E-state index contributed by atoms with van der Waals surface area (Å²) in [6.07, 6.45) is 2.33. The minimum atomic E-state index is -2.03. The Morgan fingerprint density at radius 2 is 2.17 bits per heavy atom. The predicted molar refractivity (Wildman–Crippen MR) is 80.8 cm³/mol. The van der Waals surface area contributed by atoms with E-state index < -0.39 is 11.5 Å². The summed E-state index contributed by atoms with van der Waals surface area (Å²) in [7, 11) is 1.96. The normalized spacial score (nSPS) is 32.0. The smallest absolute Gasteiger partial charge is 0.397 e. The first-order valence-corrected chi connectivity index (χ1v) is 7.93. The molecule has 24 heavy (non-hydrogen) atoms. The highest BCUT2D eigenvalue weighted by atomic mass is 19.2. The zero-order valence-electron chi connectivity index (χ0n) is 13.2. The molecule has 0 spiro atoms. The number of hydrogen-bond acceptors (Lipinski definition) is 6. The predicted octanol–water partition coefficient (Wildman–Crippen LogP) is 2.31. The Kier molecular flexibility index (Phi) is 3.28. The van der Waals surface area contributed by atoms with Crippen molar-refractivity contribution in [3.8, 4) is 11.5 Å². The molecule has 7 nitrogen and oxygen atoms in total. The van der Waals surface area contributed by atoms with E-state index in [1.54, 1.807) is 6.07 Å². The van der Waals surface area contributed by atoms with Crippen LogP contribution in [0.2, 0.25) is 0 Å². The highest BCUT2D eigenvalue weighted by molar-refractivity contribution is 5.81. The standard InChI is InChI=1S/C16H17FN2O5/c1-18-5-4-16(3-2-10(20)8-13(16)18)9-6-11(19(21)22)14-12(7-9)23-15(17)24-14/h6-7,13,15H,2-5,8H2,1H3/t13-,15-,16-/m0/s1. The fourth-order valence-electron chi connectivity index (χ4n) is 4.36. The molecule has 0 radical (unpaired) electrons. The van der Waals surface area contributed by atoms with Crippen LogP contribution in [-0.2, 0) is 10.2 Å². The number of alkyl halides is 1. The molecule has 1 aliphatic carbocycles. The van der Waals surface area contributed by atoms with Crippen molar-refractivity contribution >= 4 is 11.5 Å². The summed E-state index contributed by atoms with van der Waals surface area (Å²) in [5.41, 5.74) is 0.0925. The van der Waals surface area contributed by atoms with Crippen LogP contribution in [0.5, 0.6) is 11.5 Å². The first kappa shape index (κ1) is 15.3. The zero-order chi connectivity index (χ0) is 17.1. The first-order valence-electron chi connectivity index (χ1n) is 7.93. The molecule has 1 aromatic rings. The van der Waals surface area contributed by atoms with Crippen molar-refractivity contribution in [3.05, 3.63) is 27.8 Å². The second-order valence-electron chi connectivity index (χ2n) is 6.74. The second kappa shape index (κ2) is 5.14. The molecule has 3 atom stereocenters. The Labute approximate surface area is 137 Å². The van der Waals surface area contributed by atoms with Gasteiger partial charge in [-0.15, -0.1) is 0 Å². The number of nitrogens with zero attached hydrogens (tertiary/aromatic N) is 2. The van der Waals surface area contributed by atoms with E-state index >= 15 is 0 Å². The summed E-state index contributed by atoms with van der Waals surface area (Å²) in [5.74, 6) is 0.108. The quantitative estimate of drug-likeness (QED) is 0.609. The van der Waals surface area contributed by atoms with Gasteiger partial charge in [-0.1, -0.05) is 0 Å². The number of carbonyl (C=O) groups is 1. The molecule has 2 fully saturated rings. The van der Waals surface area contributed by atoms with Gasteiger partial charge in [0, 0.05) is 30.4 Å². The largest absolute Gasteiger partial charge is 0.425 e. The van der Waals surface area contributed by atoms with Gasteiger partial charge in [0.05, 0.1) is 4.92 Å². The molecule has 2 heterocycles. The Morgan fingerprint density at radius 3 is 2.92 bits per heavy atom. The third-order valence-corrected chi connectivity index (χ3v) is 5.59. The molecule has 1 aromatic carbocycles. The summed E-state index contributed by atoms with van der Waals surface area (Å²) in [4.78, 5) is 24.8. The highest BCUT2D eigenvalue weighted by Gasteiger charge is 2.51. The lowest BCUT2D eigenvalue weighted by Gasteiger charge is -2.41. The number of fused-ring (bicyclic) bond motifs is 2. The monoisotopic (exact) mass is 336 g/mol. The van der Waals surface area contributed by atoms with Gasteiger partial charge in [0.15, 0.2) is 5.75 Å². The molecular formula is C16H17FN2O5. The number of likely N-dealkylation sites (N-methyl/N-ethyl adjacent to an activating group) is 1. The Balaban J connectivity index is 1.84. The van der Waals surface area contributed by atoms with Gasteiger partial charge in [-0.2, -0.15) is 4.39 Å². The molecule has 4 rings (SSSR count). The van der Waals surface area contributed by atoms with Gasteiger partial charge >= 0.3 is 12.2 Å². The molecule has 0 unspecified atom stereocenters. The highest BCUT2D eigenvalue weighted by Crippen LogP contribution is 2.52. The summed E-state index contributed by atoms with van der Waals surface area (Å²) in [5, 5.41) is 11.4. The lowest BCUT2D eigenvalue weighted by molar-refractivity contribution is -0.386. The molecule has 0 N–H and O–H groups in total. The number of likely N-dealkylation sites (tertiary alicyclic amines) is 1. The van der Waals surface area contributed by atoms with Crippen LogP contribution < -0.4 is 9.47 Å². The minimum absolute atomic E-state index is 0.0000935. The number of rotatable bonds is 2. The van der Waals surface area contributed by atoms with Crippen LogP contribution in [0.15, 0.2) is 12.1 Å². The van der Waals surface area contributed by atoms with Crippen LogP contribution in [0.4, 0.5) is 10.1 Å². The number of ketones is 1. The fourth-order valence-corrected chi connectivity index (χ4v) is 4.36. The average molecular weight is 336 g/mol. The van der Waals surface area contributed by atoms with Crippen molar-refractivity contribution in [2.45, 2.75) is 43.7 Å². The number of hydrogen-bond donors (Lipinski definition) is 0. The van der Waals surface area contributed by atoms with Crippen LogP contribution in [0, 0.1) is 10.1 Å². The van der Waals surface area contributed by atoms with Crippen LogP contribution in [-0.4, -0.2) is 41.8 Å². The van der Waals surface area contributed by atoms with E-state index in [-0.39, 0.29) is 34.4 Å². The second-order valence-corrected chi connectivity index (χ2v) is 6.74. The van der Waals surface area contributed by atoms with E-state index in [0.29, 0.717) is 19.3 Å². The number of nitro benzene ring substituents is 1. The van der Waals surface area contributed by atoms with E-state index in [1.807, 2.05) is 7.05 Å².